The molecule has 8 heterocycles. The molecule has 1 amide bonds. The largest absolute Gasteiger partial charge is 0.400 e. The second-order valence-corrected chi connectivity index (χ2v) is 20.8. The topological polar surface area (TPSA) is 195 Å². The maximum atomic E-state index is 11.2. The third-order valence-electron chi connectivity index (χ3n) is 13.6. The highest BCUT2D eigenvalue weighted by Crippen LogP contribution is 2.23. The molecule has 18 heteroatoms. The molecule has 8 aromatic heterocycles. The van der Waals surface area contributed by atoms with Crippen molar-refractivity contribution in [2.24, 2.45) is 33.9 Å². The summed E-state index contributed by atoms with van der Waals surface area (Å²) in [4.78, 5) is 53.7. The maximum absolute atomic E-state index is 11.2. The lowest BCUT2D eigenvalue weighted by atomic mass is 10.2. The molecule has 0 atom stereocenters. The molecule has 0 saturated heterocycles. The van der Waals surface area contributed by atoms with Crippen LogP contribution in [0.2, 0.25) is 0 Å². The number of primary amides is 1. The Morgan fingerprint density at radius 3 is 1.17 bits per heavy atom. The molecular weight excluding hydrogens is 1230 g/mol. The van der Waals surface area contributed by atoms with Crippen molar-refractivity contribution in [3.05, 3.63) is 298 Å². The fraction of sp³-hybridized carbons (Fsp3) is 0.171. The standard InChI is InChI=1S/C18H18N4O.C18H16N4.C18H14N4.C17H14BrN3.CH4O.4CH4/c1-22-12-16(13-6-3-2-4-7-13)21-17(22)11-10-14-8-5-9-15(20-14)18(19)23;2*1-19-17-10-6-9-15(20-17)11-12-18-21-16(13-22(18)2)14-7-4-3-5-8-14;1-21-12-15(13-6-3-2-4-7-13)20-17(21)11-10-14-8-5-9-16(18)19-14;1-2;;;;/h2-9,12H,10-11H2,1H3,(H2,19,23);3-10,13H,11-12H2,2H3;3-13H,2H3;2-12H,1H3;2H,1H3;4*1H4/b;;12-11+;11-10+;;;;;. The number of aryl methyl sites for hydroxylation is 8. The summed E-state index contributed by atoms with van der Waals surface area (Å²) in [5.41, 5.74) is 17.3. The number of nitrogens with zero attached hydrogens (tertiary/aromatic N) is 14. The molecule has 3 N–H and O–H groups in total. The van der Waals surface area contributed by atoms with Gasteiger partial charge in [0.25, 0.3) is 17.5 Å². The summed E-state index contributed by atoms with van der Waals surface area (Å²) >= 11 is 3.37. The van der Waals surface area contributed by atoms with Crippen LogP contribution in [0.1, 0.15) is 86.3 Å². The molecular formula is C76H82BrN15O2. The van der Waals surface area contributed by atoms with Crippen LogP contribution in [0, 0.1) is 13.1 Å². The Kier molecular flexibility index (Phi) is 30.7. The molecule has 12 aromatic rings. The molecule has 0 saturated carbocycles. The summed E-state index contributed by atoms with van der Waals surface area (Å²) in [5.74, 6) is 4.08. The first-order valence-electron chi connectivity index (χ1n) is 28.6. The number of aliphatic hydroxyl groups excluding tert-OH is 1. The van der Waals surface area contributed by atoms with Gasteiger partial charge in [0.15, 0.2) is 5.69 Å². The number of carbonyl (C=O) groups is 1. The van der Waals surface area contributed by atoms with Gasteiger partial charge < -0.3 is 38.8 Å². The molecule has 4 aromatic carbocycles. The highest BCUT2D eigenvalue weighted by atomic mass is 79.9. The van der Waals surface area contributed by atoms with Crippen LogP contribution < -0.4 is 5.73 Å². The van der Waals surface area contributed by atoms with E-state index in [4.69, 9.17) is 34.0 Å². The maximum Gasteiger partial charge on any atom is 0.270 e. The molecule has 0 aliphatic carbocycles. The van der Waals surface area contributed by atoms with Crippen LogP contribution >= 0.6 is 15.9 Å². The molecule has 0 bridgehead atoms. The molecule has 0 radical (unpaired) electrons. The summed E-state index contributed by atoms with van der Waals surface area (Å²) in [6, 6.07) is 62.6. The van der Waals surface area contributed by atoms with E-state index in [2.05, 4.69) is 84.4 Å². The highest BCUT2D eigenvalue weighted by Gasteiger charge is 2.12. The Labute approximate surface area is 562 Å². The number of halogens is 1. The van der Waals surface area contributed by atoms with Crippen molar-refractivity contribution in [3.8, 4) is 45.0 Å². The molecule has 0 aliphatic rings. The lowest BCUT2D eigenvalue weighted by Crippen LogP contribution is -2.14. The average molecular weight is 1320 g/mol. The van der Waals surface area contributed by atoms with Gasteiger partial charge >= 0.3 is 0 Å². The van der Waals surface area contributed by atoms with Crippen LogP contribution in [0.3, 0.4) is 0 Å². The van der Waals surface area contributed by atoms with Crippen LogP contribution in [0.4, 0.5) is 11.6 Å². The van der Waals surface area contributed by atoms with Crippen LogP contribution in [0.15, 0.2) is 224 Å². The van der Waals surface area contributed by atoms with Crippen molar-refractivity contribution in [2.45, 2.75) is 55.4 Å². The SMILES string of the molecule is C.C.C.C.CO.Cn1cc(-c2ccccc2)nc1/C=C/c1cccc(Br)n1.Cn1cc(-c2ccccc2)nc1CCc1cccc(C(N)=O)n1.[C-]#[N+]c1cccc(/C=C/c2nc(-c3ccccc3)cn2C)n1.[C-]#[N+]c1cccc(CCc2nc(-c3ccccc3)cn2C)n1. The van der Waals surface area contributed by atoms with Gasteiger partial charge in [-0.2, -0.15) is 0 Å². The second-order valence-electron chi connectivity index (χ2n) is 20.0. The molecule has 94 heavy (non-hydrogen) atoms. The lowest BCUT2D eigenvalue weighted by molar-refractivity contribution is 0.0995. The zero-order valence-corrected chi connectivity index (χ0v) is 52.1. The molecule has 0 fully saturated rings. The molecule has 0 spiro atoms. The van der Waals surface area contributed by atoms with Gasteiger partial charge in [-0.15, -0.1) is 9.97 Å². The zero-order chi connectivity index (χ0) is 63.6. The number of hydrogen-bond acceptors (Lipinski definition) is 10. The van der Waals surface area contributed by atoms with Crippen molar-refractivity contribution in [1.82, 2.24) is 58.1 Å². The third kappa shape index (κ3) is 22.0. The number of hydrogen-bond donors (Lipinski definition) is 2. The molecule has 0 aliphatic heterocycles. The number of nitrogens with two attached hydrogens (primary N) is 1. The monoisotopic (exact) mass is 1320 g/mol. The van der Waals surface area contributed by atoms with Gasteiger partial charge in [0.05, 0.1) is 28.5 Å². The quantitative estimate of drug-likeness (QED) is 0.0736. The minimum atomic E-state index is -0.504. The number of carbonyl (C=O) groups excluding carboxylic acids is 1. The van der Waals surface area contributed by atoms with E-state index in [1.54, 1.807) is 24.3 Å². The van der Waals surface area contributed by atoms with E-state index in [1.165, 1.54) is 0 Å². The predicted octanol–water partition coefficient (Wildman–Crippen LogP) is 17.0. The summed E-state index contributed by atoms with van der Waals surface area (Å²) in [5, 5.41) is 7.00. The van der Waals surface area contributed by atoms with Gasteiger partial charge in [0.2, 0.25) is 0 Å². The van der Waals surface area contributed by atoms with Gasteiger partial charge in [-0.25, -0.2) is 29.9 Å². The number of rotatable bonds is 15. The first kappa shape index (κ1) is 75.2. The van der Waals surface area contributed by atoms with Crippen molar-refractivity contribution < 1.29 is 9.90 Å². The highest BCUT2D eigenvalue weighted by molar-refractivity contribution is 9.10. The van der Waals surface area contributed by atoms with E-state index < -0.39 is 5.91 Å². The Hall–Kier alpha value is -11.3. The predicted molar refractivity (Wildman–Crippen MR) is 388 cm³/mol. The lowest BCUT2D eigenvalue weighted by Gasteiger charge is -2.03. The van der Waals surface area contributed by atoms with Gasteiger partial charge in [0, 0.05) is 107 Å². The van der Waals surface area contributed by atoms with Crippen molar-refractivity contribution in [2.75, 3.05) is 7.11 Å². The van der Waals surface area contributed by atoms with E-state index in [9.17, 15) is 4.79 Å². The van der Waals surface area contributed by atoms with Crippen molar-refractivity contribution in [3.63, 3.8) is 0 Å². The Morgan fingerprint density at radius 2 is 0.766 bits per heavy atom. The normalized spacial score (nSPS) is 10.1. The minimum Gasteiger partial charge on any atom is -0.400 e. The van der Waals surface area contributed by atoms with E-state index in [-0.39, 0.29) is 29.7 Å². The van der Waals surface area contributed by atoms with E-state index in [1.807, 2.05) is 237 Å². The fourth-order valence-corrected chi connectivity index (χ4v) is 9.43. The number of benzene rings is 4. The van der Waals surface area contributed by atoms with E-state index in [0.29, 0.717) is 23.8 Å². The summed E-state index contributed by atoms with van der Waals surface area (Å²) < 4.78 is 8.89. The zero-order valence-electron chi connectivity index (χ0n) is 50.5. The molecule has 12 rings (SSSR count). The smallest absolute Gasteiger partial charge is 0.270 e. The number of imidazole rings is 4. The Bertz CT molecular complexity index is 4410. The third-order valence-corrected chi connectivity index (χ3v) is 14.1. The first-order chi connectivity index (χ1) is 43.9. The van der Waals surface area contributed by atoms with Gasteiger partial charge in [-0.05, 0) is 95.2 Å². The number of pyridine rings is 4. The van der Waals surface area contributed by atoms with Crippen LogP contribution in [-0.4, -0.2) is 76.3 Å². The molecule has 0 unspecified atom stereocenters. The Balaban J connectivity index is 0.000000261. The van der Waals surface area contributed by atoms with Crippen LogP contribution in [0.5, 0.6) is 0 Å². The van der Waals surface area contributed by atoms with Gasteiger partial charge in [-0.3, -0.25) is 4.79 Å². The number of amides is 1. The van der Waals surface area contributed by atoms with Gasteiger partial charge in [-0.1, -0.05) is 188 Å². The second kappa shape index (κ2) is 38.4. The summed E-state index contributed by atoms with van der Waals surface area (Å²) in [6.45, 7) is 14.0. The van der Waals surface area contributed by atoms with Crippen LogP contribution in [0.25, 0.3) is 79.0 Å². The van der Waals surface area contributed by atoms with Crippen molar-refractivity contribution in [1.29, 1.82) is 0 Å². The first-order valence-corrected chi connectivity index (χ1v) is 29.4. The van der Waals surface area contributed by atoms with Gasteiger partial charge in [0.1, 0.15) is 39.3 Å². The number of aromatic nitrogens is 12. The van der Waals surface area contributed by atoms with Crippen molar-refractivity contribution >= 4 is 57.8 Å². The van der Waals surface area contributed by atoms with E-state index in [0.717, 1.165) is 122 Å². The number of aliphatic hydroxyl groups is 1. The Morgan fingerprint density at radius 1 is 0.415 bits per heavy atom. The van der Waals surface area contributed by atoms with E-state index >= 15 is 0 Å². The average Bonchev–Trinajstić information content (AvgIpc) is 1.76. The van der Waals surface area contributed by atoms with Crippen LogP contribution in [-0.2, 0) is 53.9 Å². The summed E-state index contributed by atoms with van der Waals surface area (Å²) in [7, 11) is 8.95. The fourth-order valence-electron chi connectivity index (χ4n) is 9.07. The summed E-state index contributed by atoms with van der Waals surface area (Å²) in [6.07, 6.45) is 18.9. The minimum absolute atomic E-state index is 0. The molecule has 17 nitrogen and oxygen atoms in total. The molecule has 480 valence electrons.